The molecule has 0 bridgehead atoms. The smallest absolute Gasteiger partial charge is 0.407 e. The quantitative estimate of drug-likeness (QED) is 0.0767. The SMILES string of the molecule is COC(=O)NC(C(=O)N1CCC[C@H]1c1nc2cc(F)c([C@H]3CC[C@H](c4cc5[nH]c([C@@H]6CCCN6C(=O)[C@@H](NC(=O)OC)C(C)C)nc5cc4F)N3c3cc(F)c(N4CCC(Cc5ccccc5)CC4)c(F)c3)cc2[nH]1)C(C)C. The number of hydrogen-bond donors (Lipinski definition) is 4. The van der Waals surface area contributed by atoms with E-state index >= 15 is 17.6 Å². The Morgan fingerprint density at radius 2 is 1.06 bits per heavy atom. The number of methoxy groups -OCH3 is 2. The molecule has 4 aromatic carbocycles. The van der Waals surface area contributed by atoms with Crippen LogP contribution in [0.2, 0.25) is 0 Å². The molecule has 2 aromatic heterocycles. The molecule has 4 fully saturated rings. The Balaban J connectivity index is 0.986. The van der Waals surface area contributed by atoms with E-state index in [-0.39, 0.29) is 59.0 Å². The van der Waals surface area contributed by atoms with Crippen LogP contribution in [0.5, 0.6) is 0 Å². The minimum absolute atomic E-state index is 0.107. The van der Waals surface area contributed by atoms with Crippen LogP contribution in [0, 0.1) is 41.0 Å². The van der Waals surface area contributed by atoms with E-state index in [9.17, 15) is 19.2 Å². The van der Waals surface area contributed by atoms with Crippen molar-refractivity contribution in [2.45, 2.75) is 122 Å². The minimum Gasteiger partial charge on any atom is -0.453 e. The van der Waals surface area contributed by atoms with Gasteiger partial charge in [0.1, 0.15) is 41.1 Å². The zero-order chi connectivity index (χ0) is 55.1. The average molecular weight is 1080 g/mol. The van der Waals surface area contributed by atoms with Gasteiger partial charge >= 0.3 is 12.2 Å². The van der Waals surface area contributed by atoms with Crippen molar-refractivity contribution in [3.8, 4) is 0 Å². The minimum atomic E-state index is -0.858. The summed E-state index contributed by atoms with van der Waals surface area (Å²) < 4.78 is 77.3. The number of aromatic nitrogens is 4. The van der Waals surface area contributed by atoms with Gasteiger partial charge in [-0.1, -0.05) is 58.0 Å². The lowest BCUT2D eigenvalue weighted by atomic mass is 9.90. The van der Waals surface area contributed by atoms with Crippen molar-refractivity contribution in [2.75, 3.05) is 50.2 Å². The summed E-state index contributed by atoms with van der Waals surface area (Å²) in [5.74, 6) is -2.68. The van der Waals surface area contributed by atoms with Crippen molar-refractivity contribution in [1.82, 2.24) is 40.4 Å². The van der Waals surface area contributed by atoms with Crippen molar-refractivity contribution >= 4 is 57.4 Å². The molecule has 4 aliphatic heterocycles. The first-order valence-electron chi connectivity index (χ1n) is 27.3. The van der Waals surface area contributed by atoms with Crippen molar-refractivity contribution in [3.05, 3.63) is 118 Å². The summed E-state index contributed by atoms with van der Waals surface area (Å²) in [5, 5.41) is 5.31. The van der Waals surface area contributed by atoms with Crippen molar-refractivity contribution in [1.29, 1.82) is 0 Å². The molecule has 20 heteroatoms. The molecule has 4 amide bonds. The van der Waals surface area contributed by atoms with E-state index in [1.54, 1.807) is 31.7 Å². The lowest BCUT2D eigenvalue weighted by molar-refractivity contribution is -0.136. The number of nitrogens with zero attached hydrogens (tertiary/aromatic N) is 6. The topological polar surface area (TPSA) is 181 Å². The number of carbonyl (C=O) groups is 4. The number of imidazole rings is 2. The van der Waals surface area contributed by atoms with Crippen LogP contribution >= 0.6 is 0 Å². The number of H-pyrrole nitrogens is 2. The van der Waals surface area contributed by atoms with Gasteiger partial charge in [-0.25, -0.2) is 37.1 Å². The zero-order valence-corrected chi connectivity index (χ0v) is 44.9. The predicted octanol–water partition coefficient (Wildman–Crippen LogP) is 10.6. The molecule has 0 spiro atoms. The highest BCUT2D eigenvalue weighted by Crippen LogP contribution is 2.50. The molecule has 4 aliphatic rings. The molecule has 78 heavy (non-hydrogen) atoms. The van der Waals surface area contributed by atoms with Gasteiger partial charge in [0.05, 0.1) is 60.5 Å². The third-order valence-corrected chi connectivity index (χ3v) is 16.4. The van der Waals surface area contributed by atoms with Gasteiger partial charge in [-0.2, -0.15) is 0 Å². The van der Waals surface area contributed by atoms with E-state index in [4.69, 9.17) is 19.4 Å². The Kier molecular flexibility index (Phi) is 15.6. The molecule has 16 nitrogen and oxygen atoms in total. The van der Waals surface area contributed by atoms with Crippen molar-refractivity contribution in [2.24, 2.45) is 17.8 Å². The van der Waals surface area contributed by atoms with Crippen LogP contribution in [0.3, 0.4) is 0 Å². The Morgan fingerprint density at radius 1 is 0.603 bits per heavy atom. The number of ether oxygens (including phenoxy) is 2. The van der Waals surface area contributed by atoms with Crippen LogP contribution < -0.4 is 20.4 Å². The normalized spacial score (nSPS) is 20.8. The second kappa shape index (κ2) is 22.5. The van der Waals surface area contributed by atoms with Gasteiger partial charge in [-0.3, -0.25) is 9.59 Å². The molecular formula is C58H68F4N10O6. The number of aromatic amines is 2. The predicted molar refractivity (Wildman–Crippen MR) is 286 cm³/mol. The maximum absolute atomic E-state index is 17.0. The number of fused-ring (bicyclic) bond motifs is 2. The number of halogens is 4. The third-order valence-electron chi connectivity index (χ3n) is 16.4. The number of carbonyl (C=O) groups excluding carboxylic acids is 4. The number of benzene rings is 4. The number of amides is 4. The van der Waals surface area contributed by atoms with E-state index in [1.165, 1.54) is 44.0 Å². The summed E-state index contributed by atoms with van der Waals surface area (Å²) in [4.78, 5) is 75.5. The first kappa shape index (κ1) is 54.0. The molecular weight excluding hydrogens is 1010 g/mol. The summed E-state index contributed by atoms with van der Waals surface area (Å²) in [6.45, 7) is 9.05. The van der Waals surface area contributed by atoms with Crippen LogP contribution in [-0.2, 0) is 25.5 Å². The summed E-state index contributed by atoms with van der Waals surface area (Å²) in [7, 11) is 2.46. The molecule has 10 rings (SSSR count). The molecule has 6 atom stereocenters. The number of hydrogen-bond acceptors (Lipinski definition) is 10. The molecule has 6 heterocycles. The van der Waals surface area contributed by atoms with Gasteiger partial charge in [-0.15, -0.1) is 0 Å². The number of alkyl carbamates (subject to hydrolysis) is 2. The highest BCUT2D eigenvalue weighted by Gasteiger charge is 2.42. The first-order valence-corrected chi connectivity index (χ1v) is 27.3. The standard InChI is InChI=1S/C58H68F4N10O6/c1-31(2)50(67-57(75)77-5)55(73)70-20-10-14-48(70)53-63-42-27-36(38(59)29-44(42)65-53)46-16-17-47(72(46)35-25-40(61)52(41(62)26-35)69-22-18-34(19-23-69)24-33-12-8-7-9-13-33)37-28-43-45(30-39(37)60)66-54(64-43)49-15-11-21-71(49)56(74)51(32(3)4)68-58(76)78-6/h7-9,12-13,25-32,34,46-51H,10-11,14-24H2,1-6H3,(H,63,65)(H,64,66)(H,67,75)(H,68,76)/t46-,47-,48+,49+,50+,51?/m1/s1. The Hall–Kier alpha value is -7.38. The molecule has 414 valence electrons. The first-order chi connectivity index (χ1) is 37.5. The van der Waals surface area contributed by atoms with E-state index in [0.29, 0.717) is 91.5 Å². The highest BCUT2D eigenvalue weighted by molar-refractivity contribution is 5.88. The molecule has 4 N–H and O–H groups in total. The largest absolute Gasteiger partial charge is 0.453 e. The Morgan fingerprint density at radius 3 is 1.50 bits per heavy atom. The lowest BCUT2D eigenvalue weighted by Crippen LogP contribution is -2.51. The fourth-order valence-electron chi connectivity index (χ4n) is 12.4. The van der Waals surface area contributed by atoms with Crippen LogP contribution in [-0.4, -0.2) is 106 Å². The summed E-state index contributed by atoms with van der Waals surface area (Å²) in [6, 6.07) is 14.2. The summed E-state index contributed by atoms with van der Waals surface area (Å²) in [6.07, 6.45) is 3.94. The Labute approximate surface area is 450 Å². The van der Waals surface area contributed by atoms with E-state index < -0.39 is 71.7 Å². The fourth-order valence-corrected chi connectivity index (χ4v) is 12.4. The number of anilines is 2. The van der Waals surface area contributed by atoms with Gasteiger partial charge in [-0.05, 0) is 105 Å². The zero-order valence-electron chi connectivity index (χ0n) is 44.9. The van der Waals surface area contributed by atoms with E-state index in [0.717, 1.165) is 19.3 Å². The van der Waals surface area contributed by atoms with Crippen LogP contribution in [0.15, 0.2) is 66.7 Å². The molecule has 1 unspecified atom stereocenters. The highest BCUT2D eigenvalue weighted by atomic mass is 19.1. The van der Waals surface area contributed by atoms with Crippen LogP contribution in [0.4, 0.5) is 38.5 Å². The maximum atomic E-state index is 17.0. The number of likely N-dealkylation sites (tertiary alicyclic amines) is 2. The molecule has 0 saturated carbocycles. The monoisotopic (exact) mass is 1080 g/mol. The summed E-state index contributed by atoms with van der Waals surface area (Å²) >= 11 is 0. The molecule has 0 radical (unpaired) electrons. The van der Waals surface area contributed by atoms with E-state index in [2.05, 4.69) is 32.7 Å². The van der Waals surface area contributed by atoms with Crippen molar-refractivity contribution < 1.29 is 46.2 Å². The number of nitrogens with one attached hydrogen (secondary N) is 4. The second-order valence-corrected chi connectivity index (χ2v) is 22.0. The molecule has 0 aliphatic carbocycles. The van der Waals surface area contributed by atoms with Crippen LogP contribution in [0.1, 0.15) is 132 Å². The Bertz CT molecular complexity index is 3020. The van der Waals surface area contributed by atoms with Crippen molar-refractivity contribution in [3.63, 3.8) is 0 Å². The second-order valence-electron chi connectivity index (χ2n) is 22.0. The van der Waals surface area contributed by atoms with E-state index in [1.807, 2.05) is 45.9 Å². The van der Waals surface area contributed by atoms with Gasteiger partial charge in [0.15, 0.2) is 11.6 Å². The van der Waals surface area contributed by atoms with Gasteiger partial charge < -0.3 is 49.7 Å². The molecule has 4 saturated heterocycles. The molecule has 6 aromatic rings. The number of piperidine rings is 1. The average Bonchev–Trinajstić information content (AvgIpc) is 4.33. The van der Waals surface area contributed by atoms with Gasteiger partial charge in [0.25, 0.3) is 0 Å². The summed E-state index contributed by atoms with van der Waals surface area (Å²) in [5.41, 5.74) is 3.14. The van der Waals surface area contributed by atoms with Gasteiger partial charge in [0.2, 0.25) is 11.8 Å². The number of rotatable bonds is 14. The third kappa shape index (κ3) is 10.7. The maximum Gasteiger partial charge on any atom is 0.407 e. The fraction of sp³-hybridized carbons (Fsp3) is 0.483. The van der Waals surface area contributed by atoms with Gasteiger partial charge in [0, 0.05) is 55.1 Å². The lowest BCUT2D eigenvalue weighted by Gasteiger charge is -2.36. The van der Waals surface area contributed by atoms with Crippen LogP contribution in [0.25, 0.3) is 22.1 Å².